The van der Waals surface area contributed by atoms with Crippen LogP contribution in [-0.2, 0) is 13.0 Å². The first-order valence-electron chi connectivity index (χ1n) is 6.64. The van der Waals surface area contributed by atoms with Crippen molar-refractivity contribution in [1.29, 1.82) is 0 Å². The molecular formula is C15H27N3. The summed E-state index contributed by atoms with van der Waals surface area (Å²) in [5.41, 5.74) is 2.47. The molecule has 0 spiro atoms. The molecule has 0 fully saturated rings. The maximum atomic E-state index is 4.65. The van der Waals surface area contributed by atoms with Crippen molar-refractivity contribution in [3.8, 4) is 0 Å². The zero-order valence-corrected chi connectivity index (χ0v) is 12.9. The zero-order valence-electron chi connectivity index (χ0n) is 12.9. The van der Waals surface area contributed by atoms with Gasteiger partial charge in [0.15, 0.2) is 0 Å². The Morgan fingerprint density at radius 2 is 1.67 bits per heavy atom. The Labute approximate surface area is 111 Å². The van der Waals surface area contributed by atoms with E-state index in [4.69, 9.17) is 0 Å². The molecule has 3 nitrogen and oxygen atoms in total. The first-order chi connectivity index (χ1) is 8.05. The molecule has 0 aromatic carbocycles. The van der Waals surface area contributed by atoms with Crippen LogP contribution in [0.4, 0.5) is 0 Å². The number of aromatic nitrogens is 2. The van der Waals surface area contributed by atoms with Crippen LogP contribution in [0, 0.1) is 12.3 Å². The highest BCUT2D eigenvalue weighted by molar-refractivity contribution is 5.11. The van der Waals surface area contributed by atoms with Crippen molar-refractivity contribution < 1.29 is 0 Å². The topological polar surface area (TPSA) is 37.8 Å². The molecular weight excluding hydrogens is 222 g/mol. The van der Waals surface area contributed by atoms with E-state index < -0.39 is 0 Å². The van der Waals surface area contributed by atoms with E-state index in [0.717, 1.165) is 30.2 Å². The quantitative estimate of drug-likeness (QED) is 0.893. The maximum Gasteiger partial charge on any atom is 0.129 e. The van der Waals surface area contributed by atoms with E-state index in [1.807, 2.05) is 6.92 Å². The van der Waals surface area contributed by atoms with Gasteiger partial charge in [-0.25, -0.2) is 9.97 Å². The third-order valence-corrected chi connectivity index (χ3v) is 2.44. The van der Waals surface area contributed by atoms with Crippen LogP contribution < -0.4 is 5.32 Å². The second-order valence-electron chi connectivity index (χ2n) is 7.26. The van der Waals surface area contributed by atoms with Crippen molar-refractivity contribution in [3.63, 3.8) is 0 Å². The monoisotopic (exact) mass is 249 g/mol. The van der Waals surface area contributed by atoms with Gasteiger partial charge in [0.1, 0.15) is 5.82 Å². The minimum absolute atomic E-state index is 0.114. The van der Waals surface area contributed by atoms with Gasteiger partial charge in [0, 0.05) is 24.2 Å². The Bertz CT molecular complexity index is 397. The summed E-state index contributed by atoms with van der Waals surface area (Å²) in [7, 11) is 0. The molecule has 1 N–H and O–H groups in total. The van der Waals surface area contributed by atoms with Crippen molar-refractivity contribution >= 4 is 0 Å². The molecule has 0 amide bonds. The number of hydrogen-bond acceptors (Lipinski definition) is 3. The van der Waals surface area contributed by atoms with Gasteiger partial charge in [-0.15, -0.1) is 0 Å². The first-order valence-corrected chi connectivity index (χ1v) is 6.64. The largest absolute Gasteiger partial charge is 0.306 e. The molecule has 1 aromatic heterocycles. The van der Waals surface area contributed by atoms with Crippen LogP contribution in [0.1, 0.15) is 58.8 Å². The summed E-state index contributed by atoms with van der Waals surface area (Å²) in [6, 6.07) is 2.06. The van der Waals surface area contributed by atoms with Crippen LogP contribution in [0.5, 0.6) is 0 Å². The third kappa shape index (κ3) is 6.10. The van der Waals surface area contributed by atoms with Crippen LogP contribution in [0.25, 0.3) is 0 Å². The summed E-state index contributed by atoms with van der Waals surface area (Å²) < 4.78 is 0. The molecule has 0 saturated heterocycles. The van der Waals surface area contributed by atoms with Gasteiger partial charge in [-0.1, -0.05) is 20.8 Å². The summed E-state index contributed by atoms with van der Waals surface area (Å²) in [5.74, 6) is 0.952. The number of aryl methyl sites for hydroxylation is 1. The van der Waals surface area contributed by atoms with Gasteiger partial charge >= 0.3 is 0 Å². The average molecular weight is 249 g/mol. The summed E-state index contributed by atoms with van der Waals surface area (Å²) in [5, 5.41) is 3.47. The molecule has 0 bridgehead atoms. The van der Waals surface area contributed by atoms with Crippen molar-refractivity contribution in [2.45, 2.75) is 67.0 Å². The molecule has 0 aliphatic rings. The molecule has 0 unspecified atom stereocenters. The predicted octanol–water partition coefficient (Wildman–Crippen LogP) is 3.26. The average Bonchev–Trinajstić information content (AvgIpc) is 2.09. The second-order valence-corrected chi connectivity index (χ2v) is 7.26. The van der Waals surface area contributed by atoms with Gasteiger partial charge in [-0.3, -0.25) is 0 Å². The van der Waals surface area contributed by atoms with Crippen LogP contribution in [0.2, 0.25) is 0 Å². The van der Waals surface area contributed by atoms with E-state index >= 15 is 0 Å². The highest BCUT2D eigenvalue weighted by atomic mass is 15.0. The minimum Gasteiger partial charge on any atom is -0.306 e. The molecule has 0 aliphatic heterocycles. The van der Waals surface area contributed by atoms with Crippen LogP contribution in [-0.4, -0.2) is 15.5 Å². The lowest BCUT2D eigenvalue weighted by molar-refractivity contribution is 0.396. The minimum atomic E-state index is 0.114. The lowest BCUT2D eigenvalue weighted by Gasteiger charge is -2.21. The Morgan fingerprint density at radius 3 is 2.17 bits per heavy atom. The summed E-state index contributed by atoms with van der Waals surface area (Å²) in [6.45, 7) is 16.0. The van der Waals surface area contributed by atoms with E-state index in [2.05, 4.69) is 62.9 Å². The third-order valence-electron chi connectivity index (χ3n) is 2.44. The van der Waals surface area contributed by atoms with Crippen LogP contribution >= 0.6 is 0 Å². The lowest BCUT2D eigenvalue weighted by Crippen LogP contribution is -2.35. The zero-order chi connectivity index (χ0) is 14.0. The SMILES string of the molecule is Cc1cc(CNC(C)(C)C)nc(CC(C)(C)C)n1. The molecule has 0 saturated carbocycles. The molecule has 1 heterocycles. The fraction of sp³-hybridized carbons (Fsp3) is 0.733. The maximum absolute atomic E-state index is 4.65. The fourth-order valence-electron chi connectivity index (χ4n) is 1.70. The molecule has 0 radical (unpaired) electrons. The second kappa shape index (κ2) is 5.35. The predicted molar refractivity (Wildman–Crippen MR) is 76.5 cm³/mol. The van der Waals surface area contributed by atoms with Gasteiger partial charge in [0.05, 0.1) is 5.69 Å². The standard InChI is InChI=1S/C15H27N3/c1-11-8-12(10-16-15(5,6)7)18-13(17-11)9-14(2,3)4/h8,16H,9-10H2,1-7H3. The molecule has 3 heteroatoms. The van der Waals surface area contributed by atoms with E-state index in [1.165, 1.54) is 0 Å². The Balaban J connectivity index is 2.81. The molecule has 0 aliphatic carbocycles. The first kappa shape index (κ1) is 15.1. The van der Waals surface area contributed by atoms with E-state index in [-0.39, 0.29) is 11.0 Å². The van der Waals surface area contributed by atoms with Gasteiger partial charge < -0.3 is 5.32 Å². The lowest BCUT2D eigenvalue weighted by atomic mass is 9.92. The van der Waals surface area contributed by atoms with Crippen molar-refractivity contribution in [3.05, 3.63) is 23.3 Å². The van der Waals surface area contributed by atoms with Gasteiger partial charge in [-0.05, 0) is 39.2 Å². The highest BCUT2D eigenvalue weighted by Gasteiger charge is 2.15. The van der Waals surface area contributed by atoms with Crippen molar-refractivity contribution in [1.82, 2.24) is 15.3 Å². The normalized spacial score (nSPS) is 12.8. The molecule has 102 valence electrons. The molecule has 18 heavy (non-hydrogen) atoms. The van der Waals surface area contributed by atoms with Gasteiger partial charge in [0.25, 0.3) is 0 Å². The van der Waals surface area contributed by atoms with Crippen molar-refractivity contribution in [2.24, 2.45) is 5.41 Å². The van der Waals surface area contributed by atoms with Gasteiger partial charge in [-0.2, -0.15) is 0 Å². The Morgan fingerprint density at radius 1 is 1.06 bits per heavy atom. The number of nitrogens with one attached hydrogen (secondary N) is 1. The molecule has 0 atom stereocenters. The Hall–Kier alpha value is -0.960. The van der Waals surface area contributed by atoms with E-state index in [9.17, 15) is 0 Å². The highest BCUT2D eigenvalue weighted by Crippen LogP contribution is 2.18. The smallest absolute Gasteiger partial charge is 0.129 e. The van der Waals surface area contributed by atoms with Gasteiger partial charge in [0.2, 0.25) is 0 Å². The molecule has 1 rings (SSSR count). The number of nitrogens with zero attached hydrogens (tertiary/aromatic N) is 2. The summed E-state index contributed by atoms with van der Waals surface area (Å²) >= 11 is 0. The summed E-state index contributed by atoms with van der Waals surface area (Å²) in [4.78, 5) is 9.17. The molecule has 1 aromatic rings. The van der Waals surface area contributed by atoms with Crippen LogP contribution in [0.15, 0.2) is 6.07 Å². The van der Waals surface area contributed by atoms with E-state index in [1.54, 1.807) is 0 Å². The van der Waals surface area contributed by atoms with E-state index in [0.29, 0.717) is 0 Å². The van der Waals surface area contributed by atoms with Crippen molar-refractivity contribution in [2.75, 3.05) is 0 Å². The number of rotatable bonds is 3. The Kier molecular flexibility index (Phi) is 4.49. The fourth-order valence-corrected chi connectivity index (χ4v) is 1.70. The van der Waals surface area contributed by atoms with Crippen LogP contribution in [0.3, 0.4) is 0 Å². The number of hydrogen-bond donors (Lipinski definition) is 1. The summed E-state index contributed by atoms with van der Waals surface area (Å²) in [6.07, 6.45) is 0.914.